The molecule has 38 heavy (non-hydrogen) atoms. The Morgan fingerprint density at radius 3 is 2.61 bits per heavy atom. The Kier molecular flexibility index (Phi) is 8.02. The van der Waals surface area contributed by atoms with Crippen LogP contribution < -0.4 is 5.32 Å². The van der Waals surface area contributed by atoms with Crippen molar-refractivity contribution in [3.63, 3.8) is 0 Å². The monoisotopic (exact) mass is 505 g/mol. The van der Waals surface area contributed by atoms with Crippen LogP contribution in [0.15, 0.2) is 104 Å². The fourth-order valence-corrected chi connectivity index (χ4v) is 4.25. The standard InChI is InChI=1S/C32H32FN5/c1-7-13-24(25-14-11-12-15-27(25)33)26-19-30(35-21(26)6)32-31-29(37-38-32)17-16-28(36-31)22(9-3)18-23(10-4)34-20(5)8-2/h7,9-19,34-35H,1,4-5,8H2,2-3,6H3,(H,37,38)/b22-9+,23-18+,24-13-. The molecule has 0 radical (unpaired) electrons. The minimum Gasteiger partial charge on any atom is -0.359 e. The minimum atomic E-state index is -0.290. The van der Waals surface area contributed by atoms with Gasteiger partial charge in [-0.2, -0.15) is 5.10 Å². The number of aryl methyl sites for hydroxylation is 1. The number of pyridine rings is 1. The van der Waals surface area contributed by atoms with Gasteiger partial charge in [0, 0.05) is 28.2 Å². The van der Waals surface area contributed by atoms with Crippen molar-refractivity contribution in [2.24, 2.45) is 0 Å². The van der Waals surface area contributed by atoms with E-state index in [0.717, 1.165) is 62.6 Å². The van der Waals surface area contributed by atoms with Crippen LogP contribution in [0.5, 0.6) is 0 Å². The summed E-state index contributed by atoms with van der Waals surface area (Å²) in [5.74, 6) is -0.290. The number of rotatable bonds is 10. The van der Waals surface area contributed by atoms with Crippen LogP contribution in [-0.4, -0.2) is 20.2 Å². The summed E-state index contributed by atoms with van der Waals surface area (Å²) in [4.78, 5) is 8.38. The lowest BCUT2D eigenvalue weighted by Crippen LogP contribution is -2.09. The van der Waals surface area contributed by atoms with Crippen LogP contribution in [0.1, 0.15) is 42.8 Å². The van der Waals surface area contributed by atoms with Crippen LogP contribution >= 0.6 is 0 Å². The maximum absolute atomic E-state index is 14.7. The fraction of sp³-hybridized carbons (Fsp3) is 0.125. The van der Waals surface area contributed by atoms with E-state index in [2.05, 4.69) is 40.2 Å². The zero-order chi connectivity index (χ0) is 27.2. The van der Waals surface area contributed by atoms with E-state index in [1.54, 1.807) is 24.3 Å². The third-order valence-electron chi connectivity index (χ3n) is 6.30. The number of hydrogen-bond acceptors (Lipinski definition) is 3. The predicted octanol–water partition coefficient (Wildman–Crippen LogP) is 8.00. The summed E-state index contributed by atoms with van der Waals surface area (Å²) < 4.78 is 14.7. The molecular weight excluding hydrogens is 473 g/mol. The number of nitrogens with zero attached hydrogens (tertiary/aromatic N) is 2. The maximum Gasteiger partial charge on any atom is 0.135 e. The molecule has 0 spiro atoms. The van der Waals surface area contributed by atoms with Crippen molar-refractivity contribution < 1.29 is 4.39 Å². The highest BCUT2D eigenvalue weighted by molar-refractivity contribution is 5.92. The van der Waals surface area contributed by atoms with E-state index in [1.165, 1.54) is 6.07 Å². The van der Waals surface area contributed by atoms with Crippen LogP contribution in [0.4, 0.5) is 4.39 Å². The van der Waals surface area contributed by atoms with E-state index in [0.29, 0.717) is 11.3 Å². The second-order valence-electron chi connectivity index (χ2n) is 8.81. The largest absolute Gasteiger partial charge is 0.359 e. The van der Waals surface area contributed by atoms with Crippen molar-refractivity contribution in [1.82, 2.24) is 25.5 Å². The van der Waals surface area contributed by atoms with Crippen molar-refractivity contribution >= 4 is 22.2 Å². The molecule has 0 unspecified atom stereocenters. The van der Waals surface area contributed by atoms with Gasteiger partial charge < -0.3 is 10.3 Å². The Labute approximate surface area is 222 Å². The van der Waals surface area contributed by atoms with Crippen molar-refractivity contribution in [1.29, 1.82) is 0 Å². The van der Waals surface area contributed by atoms with Crippen LogP contribution in [0.3, 0.4) is 0 Å². The fourth-order valence-electron chi connectivity index (χ4n) is 4.25. The molecule has 1 aromatic carbocycles. The van der Waals surface area contributed by atoms with E-state index in [4.69, 9.17) is 4.98 Å². The van der Waals surface area contributed by atoms with Gasteiger partial charge in [-0.05, 0) is 67.8 Å². The van der Waals surface area contributed by atoms with E-state index in [1.807, 2.05) is 63.3 Å². The number of aromatic nitrogens is 4. The lowest BCUT2D eigenvalue weighted by atomic mass is 9.97. The second kappa shape index (κ2) is 11.6. The summed E-state index contributed by atoms with van der Waals surface area (Å²) in [6, 6.07) is 12.6. The number of nitrogens with one attached hydrogen (secondary N) is 3. The van der Waals surface area contributed by atoms with Gasteiger partial charge in [-0.25, -0.2) is 9.37 Å². The summed E-state index contributed by atoms with van der Waals surface area (Å²) in [6.45, 7) is 17.7. The molecule has 3 heterocycles. The maximum atomic E-state index is 14.7. The highest BCUT2D eigenvalue weighted by Crippen LogP contribution is 2.33. The predicted molar refractivity (Wildman–Crippen MR) is 157 cm³/mol. The summed E-state index contributed by atoms with van der Waals surface area (Å²) >= 11 is 0. The average Bonchev–Trinajstić information content (AvgIpc) is 3.52. The van der Waals surface area contributed by atoms with Gasteiger partial charge in [0.2, 0.25) is 0 Å². The number of hydrogen-bond donors (Lipinski definition) is 3. The number of allylic oxidation sites excluding steroid dienone is 7. The second-order valence-corrected chi connectivity index (χ2v) is 8.81. The molecule has 4 rings (SSSR count). The molecule has 6 heteroatoms. The summed E-state index contributed by atoms with van der Waals surface area (Å²) in [5.41, 5.74) is 9.51. The first kappa shape index (κ1) is 26.4. The van der Waals surface area contributed by atoms with E-state index in [9.17, 15) is 4.39 Å². The molecule has 192 valence electrons. The van der Waals surface area contributed by atoms with Gasteiger partial charge in [0.25, 0.3) is 0 Å². The molecule has 4 aromatic rings. The number of fused-ring (bicyclic) bond motifs is 1. The summed E-state index contributed by atoms with van der Waals surface area (Å²) in [5, 5.41) is 10.9. The molecule has 0 saturated carbocycles. The zero-order valence-corrected chi connectivity index (χ0v) is 22.0. The Morgan fingerprint density at radius 2 is 1.92 bits per heavy atom. The van der Waals surface area contributed by atoms with E-state index in [-0.39, 0.29) is 5.82 Å². The Hall–Kier alpha value is -4.71. The van der Waals surface area contributed by atoms with Crippen molar-refractivity contribution in [3.8, 4) is 11.4 Å². The molecule has 0 aliphatic rings. The van der Waals surface area contributed by atoms with Gasteiger partial charge in [-0.3, -0.25) is 5.10 Å². The van der Waals surface area contributed by atoms with Gasteiger partial charge in [-0.15, -0.1) is 0 Å². The molecule has 0 atom stereocenters. The van der Waals surface area contributed by atoms with E-state index >= 15 is 0 Å². The number of halogens is 1. The van der Waals surface area contributed by atoms with Gasteiger partial charge in [0.1, 0.15) is 17.0 Å². The normalized spacial score (nSPS) is 12.6. The Balaban J connectivity index is 1.77. The van der Waals surface area contributed by atoms with Gasteiger partial charge in [-0.1, -0.05) is 63.1 Å². The molecule has 0 bridgehead atoms. The van der Waals surface area contributed by atoms with Crippen LogP contribution in [0.2, 0.25) is 0 Å². The number of aromatic amines is 2. The minimum absolute atomic E-state index is 0.290. The Morgan fingerprint density at radius 1 is 1.13 bits per heavy atom. The smallest absolute Gasteiger partial charge is 0.135 e. The van der Waals surface area contributed by atoms with Crippen molar-refractivity contribution in [3.05, 3.63) is 132 Å². The molecule has 0 amide bonds. The van der Waals surface area contributed by atoms with Gasteiger partial charge in [0.15, 0.2) is 0 Å². The molecule has 0 aliphatic carbocycles. The molecule has 5 nitrogen and oxygen atoms in total. The first-order chi connectivity index (χ1) is 18.4. The van der Waals surface area contributed by atoms with Crippen LogP contribution in [0, 0.1) is 12.7 Å². The van der Waals surface area contributed by atoms with Crippen LogP contribution in [0.25, 0.3) is 33.6 Å². The summed E-state index contributed by atoms with van der Waals surface area (Å²) in [6.07, 6.45) is 10.1. The van der Waals surface area contributed by atoms with Crippen molar-refractivity contribution in [2.75, 3.05) is 0 Å². The lowest BCUT2D eigenvalue weighted by molar-refractivity contribution is 0.624. The number of benzene rings is 1. The average molecular weight is 506 g/mol. The lowest BCUT2D eigenvalue weighted by Gasteiger charge is -2.10. The van der Waals surface area contributed by atoms with E-state index < -0.39 is 0 Å². The van der Waals surface area contributed by atoms with Gasteiger partial charge >= 0.3 is 0 Å². The molecule has 0 aliphatic heterocycles. The highest BCUT2D eigenvalue weighted by Gasteiger charge is 2.18. The highest BCUT2D eigenvalue weighted by atomic mass is 19.1. The molecule has 3 aromatic heterocycles. The quantitative estimate of drug-likeness (QED) is 0.191. The summed E-state index contributed by atoms with van der Waals surface area (Å²) in [7, 11) is 0. The van der Waals surface area contributed by atoms with Gasteiger partial charge in [0.05, 0.1) is 16.9 Å². The molecule has 0 saturated heterocycles. The zero-order valence-electron chi connectivity index (χ0n) is 22.0. The molecular formula is C32H32FN5. The number of H-pyrrole nitrogens is 2. The SMILES string of the molecule is C=C/C=C(/c1ccccc1F)c1cc(-c2n[nH]c3ccc(C(/C=C(\C=C)NC(=C)CC)=C/C)nc23)[nH]c1C. The first-order valence-corrected chi connectivity index (χ1v) is 12.5. The third kappa shape index (κ3) is 5.34. The van der Waals surface area contributed by atoms with Crippen molar-refractivity contribution in [2.45, 2.75) is 27.2 Å². The first-order valence-electron chi connectivity index (χ1n) is 12.5. The topological polar surface area (TPSA) is 69.4 Å². The van der Waals surface area contributed by atoms with Crippen LogP contribution in [-0.2, 0) is 0 Å². The Bertz CT molecular complexity index is 1610. The third-order valence-corrected chi connectivity index (χ3v) is 6.30. The molecule has 3 N–H and O–H groups in total. The molecule has 0 fully saturated rings.